The molecule has 2 N–H and O–H groups in total. The Hall–Kier alpha value is -3.39. The van der Waals surface area contributed by atoms with Crippen LogP contribution in [0.5, 0.6) is 0 Å². The number of hydrogen-bond donors (Lipinski definition) is 2. The van der Waals surface area contributed by atoms with Crippen molar-refractivity contribution in [1.29, 1.82) is 0 Å². The molecule has 0 radical (unpaired) electrons. The Labute approximate surface area is 203 Å². The fourth-order valence-electron chi connectivity index (χ4n) is 6.26. The first-order valence-electron chi connectivity index (χ1n) is 12.3. The first kappa shape index (κ1) is 22.1. The summed E-state index contributed by atoms with van der Waals surface area (Å²) >= 11 is 0. The average Bonchev–Trinajstić information content (AvgIpc) is 3.51. The molecule has 1 saturated carbocycles. The van der Waals surface area contributed by atoms with Crippen LogP contribution >= 0.6 is 0 Å². The summed E-state index contributed by atoms with van der Waals surface area (Å²) < 4.78 is 11.3. The summed E-state index contributed by atoms with van der Waals surface area (Å²) in [6.45, 7) is 0.669. The third-order valence-electron chi connectivity index (χ3n) is 8.14. The minimum atomic E-state index is -1.12. The molecule has 0 bridgehead atoms. The molecule has 8 nitrogen and oxygen atoms in total. The van der Waals surface area contributed by atoms with E-state index in [0.717, 1.165) is 28.7 Å². The van der Waals surface area contributed by atoms with Gasteiger partial charge < -0.3 is 24.8 Å². The average molecular weight is 477 g/mol. The number of carbonyl (C=O) groups excluding carboxylic acids is 2. The topological polar surface area (TPSA) is 105 Å². The van der Waals surface area contributed by atoms with Crippen LogP contribution < -0.4 is 5.32 Å². The van der Waals surface area contributed by atoms with Crippen molar-refractivity contribution in [3.05, 3.63) is 59.7 Å². The van der Waals surface area contributed by atoms with Crippen molar-refractivity contribution >= 4 is 18.0 Å². The zero-order chi connectivity index (χ0) is 24.2. The SMILES string of the molecule is O=C(NC1(C(=O)N2C(C(=O)O)C[C@@H]3OCC[C@@H]32)CCC1)OCC1c2ccccc2-c2ccccc21. The van der Waals surface area contributed by atoms with Crippen LogP contribution in [0, 0.1) is 0 Å². The van der Waals surface area contributed by atoms with Crippen LogP contribution in [0.15, 0.2) is 48.5 Å². The summed E-state index contributed by atoms with van der Waals surface area (Å²) in [5, 5.41) is 12.6. The van der Waals surface area contributed by atoms with E-state index in [1.54, 1.807) is 0 Å². The van der Waals surface area contributed by atoms with Gasteiger partial charge in [0.1, 0.15) is 18.2 Å². The number of hydrogen-bond acceptors (Lipinski definition) is 5. The molecule has 2 amide bonds. The molecule has 1 unspecified atom stereocenters. The second-order valence-electron chi connectivity index (χ2n) is 9.95. The molecule has 0 spiro atoms. The van der Waals surface area contributed by atoms with E-state index in [1.165, 1.54) is 4.90 Å². The van der Waals surface area contributed by atoms with Gasteiger partial charge in [0.25, 0.3) is 0 Å². The number of fused-ring (bicyclic) bond motifs is 4. The van der Waals surface area contributed by atoms with Gasteiger partial charge in [0.05, 0.1) is 12.1 Å². The molecule has 6 rings (SSSR count). The second kappa shape index (κ2) is 8.37. The van der Waals surface area contributed by atoms with E-state index in [0.29, 0.717) is 25.9 Å². The number of nitrogens with zero attached hydrogens (tertiary/aromatic N) is 1. The van der Waals surface area contributed by atoms with Gasteiger partial charge in [-0.2, -0.15) is 0 Å². The quantitative estimate of drug-likeness (QED) is 0.686. The molecule has 2 aliphatic heterocycles. The maximum atomic E-state index is 13.7. The Morgan fingerprint density at radius 1 is 1.06 bits per heavy atom. The Morgan fingerprint density at radius 2 is 1.71 bits per heavy atom. The lowest BCUT2D eigenvalue weighted by atomic mass is 9.75. The van der Waals surface area contributed by atoms with Gasteiger partial charge in [0.2, 0.25) is 5.91 Å². The van der Waals surface area contributed by atoms with Crippen molar-refractivity contribution in [3.63, 3.8) is 0 Å². The van der Waals surface area contributed by atoms with Crippen molar-refractivity contribution < 1.29 is 29.0 Å². The summed E-state index contributed by atoms with van der Waals surface area (Å²) in [6, 6.07) is 15.0. The minimum Gasteiger partial charge on any atom is -0.480 e. The fourth-order valence-corrected chi connectivity index (χ4v) is 6.26. The molecular formula is C27H28N2O6. The van der Waals surface area contributed by atoms with E-state index in [4.69, 9.17) is 9.47 Å². The molecule has 2 saturated heterocycles. The Balaban J connectivity index is 1.17. The predicted octanol–water partition coefficient (Wildman–Crippen LogP) is 3.29. The minimum absolute atomic E-state index is 0.0763. The van der Waals surface area contributed by atoms with Crippen LogP contribution in [-0.2, 0) is 19.1 Å². The normalized spacial score (nSPS) is 25.8. The summed E-state index contributed by atoms with van der Waals surface area (Å²) in [4.78, 5) is 40.0. The van der Waals surface area contributed by atoms with Crippen molar-refractivity contribution in [3.8, 4) is 11.1 Å². The molecule has 3 fully saturated rings. The van der Waals surface area contributed by atoms with Gasteiger partial charge in [-0.15, -0.1) is 0 Å². The number of alkyl carbamates (subject to hydrolysis) is 1. The smallest absolute Gasteiger partial charge is 0.408 e. The molecule has 2 heterocycles. The maximum Gasteiger partial charge on any atom is 0.408 e. The standard InChI is InChI=1S/C27H28N2O6/c30-24(31)22-14-23-21(10-13-34-23)29(22)25(32)27(11-5-12-27)28-26(33)35-15-20-18-8-3-1-6-16(18)17-7-2-4-9-19(17)20/h1-4,6-9,20-23H,5,10-15H2,(H,28,33)(H,30,31)/t21-,22?,23-/m0/s1. The van der Waals surface area contributed by atoms with Gasteiger partial charge in [0.15, 0.2) is 0 Å². The van der Waals surface area contributed by atoms with Crippen LogP contribution in [0.25, 0.3) is 11.1 Å². The number of likely N-dealkylation sites (tertiary alicyclic amines) is 1. The van der Waals surface area contributed by atoms with Crippen molar-refractivity contribution in [2.45, 2.75) is 61.7 Å². The molecule has 2 aliphatic carbocycles. The van der Waals surface area contributed by atoms with Crippen LogP contribution in [0.2, 0.25) is 0 Å². The number of carboxylic acids is 1. The molecular weight excluding hydrogens is 448 g/mol. The number of carbonyl (C=O) groups is 3. The number of ether oxygens (including phenoxy) is 2. The fraction of sp³-hybridized carbons (Fsp3) is 0.444. The summed E-state index contributed by atoms with van der Waals surface area (Å²) in [5.41, 5.74) is 3.40. The van der Waals surface area contributed by atoms with Crippen molar-refractivity contribution in [1.82, 2.24) is 10.2 Å². The van der Waals surface area contributed by atoms with Crippen LogP contribution in [-0.4, -0.2) is 64.9 Å². The van der Waals surface area contributed by atoms with E-state index in [9.17, 15) is 19.5 Å². The second-order valence-corrected chi connectivity index (χ2v) is 9.95. The number of aliphatic carboxylic acids is 1. The lowest BCUT2D eigenvalue weighted by molar-refractivity contribution is -0.154. The van der Waals surface area contributed by atoms with Crippen molar-refractivity contribution in [2.24, 2.45) is 0 Å². The number of carboxylic acid groups (broad SMARTS) is 1. The van der Waals surface area contributed by atoms with E-state index in [2.05, 4.69) is 29.6 Å². The third-order valence-corrected chi connectivity index (χ3v) is 8.14. The lowest BCUT2D eigenvalue weighted by Gasteiger charge is -2.44. The van der Waals surface area contributed by atoms with E-state index >= 15 is 0 Å². The Kier molecular flexibility index (Phi) is 5.29. The van der Waals surface area contributed by atoms with E-state index in [1.807, 2.05) is 24.3 Å². The lowest BCUT2D eigenvalue weighted by Crippen LogP contribution is -2.66. The molecule has 182 valence electrons. The molecule has 0 aromatic heterocycles. The van der Waals surface area contributed by atoms with Crippen LogP contribution in [0.4, 0.5) is 4.79 Å². The molecule has 2 aromatic carbocycles. The van der Waals surface area contributed by atoms with Gasteiger partial charge >= 0.3 is 12.1 Å². The zero-order valence-corrected chi connectivity index (χ0v) is 19.3. The Bertz CT molecular complexity index is 1150. The first-order chi connectivity index (χ1) is 17.0. The monoisotopic (exact) mass is 476 g/mol. The van der Waals surface area contributed by atoms with Gasteiger partial charge in [-0.05, 0) is 47.9 Å². The van der Waals surface area contributed by atoms with Gasteiger partial charge in [-0.3, -0.25) is 4.79 Å². The highest BCUT2D eigenvalue weighted by molar-refractivity contribution is 5.94. The van der Waals surface area contributed by atoms with Gasteiger partial charge in [-0.1, -0.05) is 48.5 Å². The van der Waals surface area contributed by atoms with Gasteiger partial charge in [-0.25, -0.2) is 9.59 Å². The van der Waals surface area contributed by atoms with E-state index < -0.39 is 23.6 Å². The first-order valence-corrected chi connectivity index (χ1v) is 12.3. The van der Waals surface area contributed by atoms with Gasteiger partial charge in [0, 0.05) is 18.9 Å². The molecule has 4 aliphatic rings. The predicted molar refractivity (Wildman–Crippen MR) is 126 cm³/mol. The van der Waals surface area contributed by atoms with Crippen molar-refractivity contribution in [2.75, 3.05) is 13.2 Å². The molecule has 35 heavy (non-hydrogen) atoms. The number of nitrogens with one attached hydrogen (secondary N) is 1. The molecule has 8 heteroatoms. The number of benzene rings is 2. The number of rotatable bonds is 5. The highest BCUT2D eigenvalue weighted by atomic mass is 16.5. The summed E-state index contributed by atoms with van der Waals surface area (Å²) in [6.07, 6.45) is 1.71. The number of amides is 2. The molecule has 2 aromatic rings. The Morgan fingerprint density at radius 3 is 2.31 bits per heavy atom. The highest BCUT2D eigenvalue weighted by Gasteiger charge is 2.57. The highest BCUT2D eigenvalue weighted by Crippen LogP contribution is 2.45. The maximum absolute atomic E-state index is 13.7. The zero-order valence-electron chi connectivity index (χ0n) is 19.3. The van der Waals surface area contributed by atoms with Crippen LogP contribution in [0.3, 0.4) is 0 Å². The van der Waals surface area contributed by atoms with Crippen LogP contribution in [0.1, 0.15) is 49.1 Å². The summed E-state index contributed by atoms with van der Waals surface area (Å²) in [5.74, 6) is -1.44. The third kappa shape index (κ3) is 3.50. The summed E-state index contributed by atoms with van der Waals surface area (Å²) in [7, 11) is 0. The largest absolute Gasteiger partial charge is 0.480 e. The molecule has 3 atom stereocenters. The van der Waals surface area contributed by atoms with E-state index in [-0.39, 0.29) is 37.0 Å².